The molecule has 0 radical (unpaired) electrons. The van der Waals surface area contributed by atoms with E-state index in [9.17, 15) is 14.4 Å². The summed E-state index contributed by atoms with van der Waals surface area (Å²) in [6.45, 7) is 8.67. The van der Waals surface area contributed by atoms with Gasteiger partial charge in [0.2, 0.25) is 0 Å². The van der Waals surface area contributed by atoms with Crippen LogP contribution in [0.4, 0.5) is 17.3 Å². The van der Waals surface area contributed by atoms with E-state index in [1.807, 2.05) is 20.8 Å². The van der Waals surface area contributed by atoms with Gasteiger partial charge in [-0.1, -0.05) is 0 Å². The molecule has 0 aliphatic carbocycles. The number of carbonyl (C=O) groups excluding carboxylic acids is 3. The van der Waals surface area contributed by atoms with Crippen molar-refractivity contribution in [3.05, 3.63) is 64.2 Å². The standard InChI is InChI=1S/C28H30N4O6/c1-14-15(2)25-23(16(3)24(14)37-17(4)33)21(34)12-28(5,38-25)13-36-19-8-6-18(7-9-19)31-27(35)20-10-11-22(29)32-26(20)30/h6-11H,12-13H2,1-5H3,(H,31,35)(H4,29,30,32). The van der Waals surface area contributed by atoms with Crippen LogP contribution in [0.15, 0.2) is 36.4 Å². The molecule has 1 unspecified atom stereocenters. The van der Waals surface area contributed by atoms with Crippen LogP contribution in [0.25, 0.3) is 0 Å². The highest BCUT2D eigenvalue weighted by molar-refractivity contribution is 6.07. The number of hydrogen-bond donors (Lipinski definition) is 3. The molecule has 10 nitrogen and oxygen atoms in total. The number of nitrogens with zero attached hydrogens (tertiary/aromatic N) is 1. The SMILES string of the molecule is CC(=O)Oc1c(C)c(C)c2c(c1C)C(=O)CC(C)(COc1ccc(NC(=O)c3ccc(N)nc3N)cc1)O2. The monoisotopic (exact) mass is 518 g/mol. The Bertz CT molecular complexity index is 1450. The zero-order chi connectivity index (χ0) is 27.8. The van der Waals surface area contributed by atoms with E-state index in [2.05, 4.69) is 10.3 Å². The normalized spacial score (nSPS) is 16.3. The number of Topliss-reactive ketones (excluding diaryl/α,β-unsaturated/α-hetero) is 1. The van der Waals surface area contributed by atoms with Crippen molar-refractivity contribution in [2.45, 2.75) is 46.6 Å². The number of benzene rings is 2. The zero-order valence-corrected chi connectivity index (χ0v) is 21.9. The molecule has 2 heterocycles. The summed E-state index contributed by atoms with van der Waals surface area (Å²) in [4.78, 5) is 41.2. The van der Waals surface area contributed by atoms with Crippen molar-refractivity contribution in [2.24, 2.45) is 0 Å². The fourth-order valence-electron chi connectivity index (χ4n) is 4.40. The van der Waals surface area contributed by atoms with E-state index in [0.29, 0.717) is 34.1 Å². The Morgan fingerprint density at radius 1 is 1.05 bits per heavy atom. The Labute approximate surface area is 220 Å². The van der Waals surface area contributed by atoms with Crippen LogP contribution in [0.1, 0.15) is 57.7 Å². The van der Waals surface area contributed by atoms with Gasteiger partial charge in [0.05, 0.1) is 17.5 Å². The molecule has 1 aromatic heterocycles. The number of anilines is 3. The molecule has 0 saturated heterocycles. The number of carbonyl (C=O) groups is 3. The minimum absolute atomic E-state index is 0.0440. The van der Waals surface area contributed by atoms with E-state index in [1.165, 1.54) is 19.1 Å². The number of ketones is 1. The van der Waals surface area contributed by atoms with Crippen molar-refractivity contribution in [3.63, 3.8) is 0 Å². The molecule has 198 valence electrons. The summed E-state index contributed by atoms with van der Waals surface area (Å²) in [5, 5.41) is 2.75. The van der Waals surface area contributed by atoms with E-state index in [1.54, 1.807) is 31.2 Å². The van der Waals surface area contributed by atoms with Gasteiger partial charge in [0.25, 0.3) is 5.91 Å². The van der Waals surface area contributed by atoms with Crippen LogP contribution in [0, 0.1) is 20.8 Å². The van der Waals surface area contributed by atoms with E-state index in [0.717, 1.165) is 11.1 Å². The predicted molar refractivity (Wildman–Crippen MR) is 143 cm³/mol. The number of amides is 1. The van der Waals surface area contributed by atoms with Crippen molar-refractivity contribution in [1.29, 1.82) is 0 Å². The quantitative estimate of drug-likeness (QED) is 0.322. The van der Waals surface area contributed by atoms with Crippen molar-refractivity contribution in [1.82, 2.24) is 4.98 Å². The lowest BCUT2D eigenvalue weighted by molar-refractivity contribution is -0.132. The van der Waals surface area contributed by atoms with E-state index < -0.39 is 17.5 Å². The first kappa shape index (κ1) is 26.5. The molecule has 1 aliphatic heterocycles. The van der Waals surface area contributed by atoms with Gasteiger partial charge >= 0.3 is 5.97 Å². The summed E-state index contributed by atoms with van der Waals surface area (Å²) in [7, 11) is 0. The van der Waals surface area contributed by atoms with Crippen LogP contribution >= 0.6 is 0 Å². The summed E-state index contributed by atoms with van der Waals surface area (Å²) in [5.41, 5.74) is 13.7. The topological polar surface area (TPSA) is 156 Å². The Kier molecular flexibility index (Phi) is 6.99. The molecule has 2 aromatic carbocycles. The summed E-state index contributed by atoms with van der Waals surface area (Å²) < 4.78 is 17.7. The molecular weight excluding hydrogens is 488 g/mol. The lowest BCUT2D eigenvalue weighted by Crippen LogP contribution is -2.45. The van der Waals surface area contributed by atoms with Gasteiger partial charge in [0.15, 0.2) is 5.78 Å². The Balaban J connectivity index is 1.46. The van der Waals surface area contributed by atoms with Gasteiger partial charge < -0.3 is 31.0 Å². The van der Waals surface area contributed by atoms with Crippen molar-refractivity contribution in [2.75, 3.05) is 23.4 Å². The summed E-state index contributed by atoms with van der Waals surface area (Å²) in [5.74, 6) is 0.712. The third-order valence-electron chi connectivity index (χ3n) is 6.44. The lowest BCUT2D eigenvalue weighted by atomic mass is 9.86. The van der Waals surface area contributed by atoms with E-state index in [-0.39, 0.29) is 36.0 Å². The predicted octanol–water partition coefficient (Wildman–Crippen LogP) is 4.15. The Hall–Kier alpha value is -4.60. The maximum Gasteiger partial charge on any atom is 0.308 e. The minimum atomic E-state index is -0.913. The van der Waals surface area contributed by atoms with Crippen molar-refractivity contribution >= 4 is 35.0 Å². The maximum atomic E-state index is 13.2. The van der Waals surface area contributed by atoms with Crippen LogP contribution in [-0.2, 0) is 4.79 Å². The first-order valence-corrected chi connectivity index (χ1v) is 12.0. The van der Waals surface area contributed by atoms with Crippen LogP contribution in [-0.4, -0.2) is 34.9 Å². The molecule has 0 saturated carbocycles. The largest absolute Gasteiger partial charge is 0.489 e. The van der Waals surface area contributed by atoms with Crippen LogP contribution < -0.4 is 31.0 Å². The number of rotatable bonds is 6. The number of nitrogen functional groups attached to an aromatic ring is 2. The molecule has 4 rings (SSSR count). The van der Waals surface area contributed by atoms with Gasteiger partial charge in [-0.3, -0.25) is 14.4 Å². The highest BCUT2D eigenvalue weighted by atomic mass is 16.5. The second-order valence-corrected chi connectivity index (χ2v) is 9.59. The van der Waals surface area contributed by atoms with Gasteiger partial charge in [0, 0.05) is 18.2 Å². The van der Waals surface area contributed by atoms with Gasteiger partial charge in [-0.25, -0.2) is 4.98 Å². The maximum absolute atomic E-state index is 13.2. The zero-order valence-electron chi connectivity index (χ0n) is 21.9. The molecule has 38 heavy (non-hydrogen) atoms. The smallest absolute Gasteiger partial charge is 0.308 e. The number of fused-ring (bicyclic) bond motifs is 1. The Morgan fingerprint density at radius 2 is 1.74 bits per heavy atom. The average molecular weight is 519 g/mol. The first-order chi connectivity index (χ1) is 17.9. The van der Waals surface area contributed by atoms with Gasteiger partial charge in [-0.05, 0) is 75.2 Å². The number of nitrogens with one attached hydrogen (secondary N) is 1. The van der Waals surface area contributed by atoms with E-state index >= 15 is 0 Å². The average Bonchev–Trinajstić information content (AvgIpc) is 2.84. The van der Waals surface area contributed by atoms with Gasteiger partial charge in [-0.15, -0.1) is 0 Å². The molecule has 0 fully saturated rings. The number of aromatic nitrogens is 1. The molecule has 10 heteroatoms. The highest BCUT2D eigenvalue weighted by Crippen LogP contribution is 2.44. The van der Waals surface area contributed by atoms with Crippen molar-refractivity contribution < 1.29 is 28.6 Å². The summed E-state index contributed by atoms with van der Waals surface area (Å²) in [6, 6.07) is 9.79. The lowest BCUT2D eigenvalue weighted by Gasteiger charge is -2.36. The molecule has 0 bridgehead atoms. The third kappa shape index (κ3) is 5.24. The molecule has 3 aromatic rings. The fraction of sp³-hybridized carbons (Fsp3) is 0.286. The molecule has 5 N–H and O–H groups in total. The number of pyridine rings is 1. The second-order valence-electron chi connectivity index (χ2n) is 9.59. The van der Waals surface area contributed by atoms with Crippen LogP contribution in [0.2, 0.25) is 0 Å². The molecule has 1 aliphatic rings. The number of ether oxygens (including phenoxy) is 3. The van der Waals surface area contributed by atoms with Crippen LogP contribution in [0.3, 0.4) is 0 Å². The fourth-order valence-corrected chi connectivity index (χ4v) is 4.40. The van der Waals surface area contributed by atoms with Crippen LogP contribution in [0.5, 0.6) is 17.2 Å². The summed E-state index contributed by atoms with van der Waals surface area (Å²) in [6.07, 6.45) is 0.0913. The third-order valence-corrected chi connectivity index (χ3v) is 6.44. The summed E-state index contributed by atoms with van der Waals surface area (Å²) >= 11 is 0. The first-order valence-electron chi connectivity index (χ1n) is 12.0. The Morgan fingerprint density at radius 3 is 2.37 bits per heavy atom. The molecule has 1 atom stereocenters. The highest BCUT2D eigenvalue weighted by Gasteiger charge is 2.40. The number of esters is 1. The second kappa shape index (κ2) is 10.0. The number of nitrogens with two attached hydrogens (primary N) is 2. The van der Waals surface area contributed by atoms with Gasteiger partial charge in [0.1, 0.15) is 41.1 Å². The minimum Gasteiger partial charge on any atom is -0.489 e. The molecule has 1 amide bonds. The van der Waals surface area contributed by atoms with Gasteiger partial charge in [-0.2, -0.15) is 0 Å². The van der Waals surface area contributed by atoms with Crippen molar-refractivity contribution in [3.8, 4) is 17.2 Å². The molecule has 0 spiro atoms. The van der Waals surface area contributed by atoms with E-state index in [4.69, 9.17) is 25.7 Å². The molecular formula is C28H30N4O6. The number of hydrogen-bond acceptors (Lipinski definition) is 9.